The largest absolute Gasteiger partial charge is 0.496 e. The molecule has 0 unspecified atom stereocenters. The molecule has 1 heterocycles. The maximum Gasteiger partial charge on any atom is 0.265 e. The molecule has 2 aromatic carbocycles. The van der Waals surface area contributed by atoms with Crippen LogP contribution in [0.5, 0.6) is 11.5 Å². The average Bonchev–Trinajstić information content (AvgIpc) is 3.23. The quantitative estimate of drug-likeness (QED) is 0.505. The fraction of sp³-hybridized carbons (Fsp3) is 0.143. The summed E-state index contributed by atoms with van der Waals surface area (Å²) >= 11 is 4.76. The lowest BCUT2D eigenvalue weighted by Gasteiger charge is -2.14. The standard InChI is InChI=1S/C21H19BrN2O4S/c1-12-9-13(22)10-15(19(12)28-3)20(25)23-14-6-7-16(17(11-14)27-2)24-21(26)18-5-4-8-29-18/h4-11H,1-3H3,(H,23,25)(H,24,26). The van der Waals surface area contributed by atoms with Crippen LogP contribution >= 0.6 is 27.3 Å². The zero-order chi connectivity index (χ0) is 21.0. The second-order valence-corrected chi connectivity index (χ2v) is 7.97. The van der Waals surface area contributed by atoms with Gasteiger partial charge in [0, 0.05) is 16.2 Å². The minimum atomic E-state index is -0.316. The molecular weight excluding hydrogens is 456 g/mol. The van der Waals surface area contributed by atoms with Crippen molar-refractivity contribution in [2.24, 2.45) is 0 Å². The molecule has 0 radical (unpaired) electrons. The fourth-order valence-electron chi connectivity index (χ4n) is 2.83. The molecule has 6 nitrogen and oxygen atoms in total. The highest BCUT2D eigenvalue weighted by Gasteiger charge is 2.17. The molecule has 0 aliphatic rings. The first-order valence-electron chi connectivity index (χ1n) is 8.61. The molecule has 2 N–H and O–H groups in total. The van der Waals surface area contributed by atoms with Crippen LogP contribution in [0.1, 0.15) is 25.6 Å². The zero-order valence-electron chi connectivity index (χ0n) is 16.0. The number of hydrogen-bond donors (Lipinski definition) is 2. The molecule has 1 aromatic heterocycles. The molecule has 8 heteroatoms. The molecule has 150 valence electrons. The van der Waals surface area contributed by atoms with Crippen LogP contribution in [0.4, 0.5) is 11.4 Å². The first-order chi connectivity index (χ1) is 13.9. The molecule has 0 aliphatic carbocycles. The normalized spacial score (nSPS) is 10.3. The van der Waals surface area contributed by atoms with Gasteiger partial charge in [0.15, 0.2) is 0 Å². The van der Waals surface area contributed by atoms with Crippen molar-refractivity contribution in [3.63, 3.8) is 0 Å². The van der Waals surface area contributed by atoms with Crippen molar-refractivity contribution in [2.45, 2.75) is 6.92 Å². The Morgan fingerprint density at radius 1 is 1.00 bits per heavy atom. The molecule has 29 heavy (non-hydrogen) atoms. The zero-order valence-corrected chi connectivity index (χ0v) is 18.4. The molecular formula is C21H19BrN2O4S. The number of halogens is 1. The topological polar surface area (TPSA) is 76.7 Å². The van der Waals surface area contributed by atoms with E-state index in [0.717, 1.165) is 10.0 Å². The number of carbonyl (C=O) groups excluding carboxylic acids is 2. The average molecular weight is 475 g/mol. The van der Waals surface area contributed by atoms with Crippen LogP contribution in [0.3, 0.4) is 0 Å². The lowest BCUT2D eigenvalue weighted by Crippen LogP contribution is -2.15. The van der Waals surface area contributed by atoms with Crippen molar-refractivity contribution < 1.29 is 19.1 Å². The van der Waals surface area contributed by atoms with Gasteiger partial charge in [-0.25, -0.2) is 0 Å². The molecule has 3 aromatic rings. The Kier molecular flexibility index (Phi) is 6.56. The van der Waals surface area contributed by atoms with E-state index in [0.29, 0.717) is 33.3 Å². The van der Waals surface area contributed by atoms with E-state index in [9.17, 15) is 9.59 Å². The number of anilines is 2. The molecule has 0 fully saturated rings. The first-order valence-corrected chi connectivity index (χ1v) is 10.3. The minimum absolute atomic E-state index is 0.218. The van der Waals surface area contributed by atoms with E-state index >= 15 is 0 Å². The van der Waals surface area contributed by atoms with Crippen LogP contribution in [0, 0.1) is 6.92 Å². The number of rotatable bonds is 6. The summed E-state index contributed by atoms with van der Waals surface area (Å²) in [5, 5.41) is 7.49. The van der Waals surface area contributed by atoms with Gasteiger partial charge in [-0.2, -0.15) is 0 Å². The highest BCUT2D eigenvalue weighted by atomic mass is 79.9. The van der Waals surface area contributed by atoms with Crippen molar-refractivity contribution in [1.29, 1.82) is 0 Å². The Labute approximate surface area is 181 Å². The number of ether oxygens (including phenoxy) is 2. The predicted octanol–water partition coefficient (Wildman–Crippen LogP) is 5.34. The molecule has 2 amide bonds. The van der Waals surface area contributed by atoms with Crippen LogP contribution in [0.25, 0.3) is 0 Å². The second-order valence-electron chi connectivity index (χ2n) is 6.10. The summed E-state index contributed by atoms with van der Waals surface area (Å²) in [7, 11) is 3.03. The Morgan fingerprint density at radius 2 is 1.79 bits per heavy atom. The highest BCUT2D eigenvalue weighted by Crippen LogP contribution is 2.31. The van der Waals surface area contributed by atoms with Gasteiger partial charge in [0.1, 0.15) is 11.5 Å². The van der Waals surface area contributed by atoms with Gasteiger partial charge in [-0.05, 0) is 48.2 Å². The fourth-order valence-corrected chi connectivity index (χ4v) is 4.02. The van der Waals surface area contributed by atoms with Gasteiger partial charge in [0.2, 0.25) is 0 Å². The molecule has 0 saturated heterocycles. The number of hydrogen-bond acceptors (Lipinski definition) is 5. The van der Waals surface area contributed by atoms with Crippen molar-refractivity contribution in [3.8, 4) is 11.5 Å². The number of methoxy groups -OCH3 is 2. The van der Waals surface area contributed by atoms with Crippen molar-refractivity contribution in [3.05, 3.63) is 68.3 Å². The van der Waals surface area contributed by atoms with Crippen molar-refractivity contribution in [2.75, 3.05) is 24.9 Å². The van der Waals surface area contributed by atoms with E-state index in [1.807, 2.05) is 24.4 Å². The smallest absolute Gasteiger partial charge is 0.265 e. The van der Waals surface area contributed by atoms with Gasteiger partial charge in [-0.1, -0.05) is 22.0 Å². The Morgan fingerprint density at radius 3 is 2.45 bits per heavy atom. The number of nitrogens with one attached hydrogen (secondary N) is 2. The number of aryl methyl sites for hydroxylation is 1. The predicted molar refractivity (Wildman–Crippen MR) is 119 cm³/mol. The Hall–Kier alpha value is -2.84. The summed E-state index contributed by atoms with van der Waals surface area (Å²) in [6.07, 6.45) is 0. The molecule has 0 aliphatic heterocycles. The number of amides is 2. The van der Waals surface area contributed by atoms with Crippen molar-refractivity contribution >= 4 is 50.5 Å². The number of carbonyl (C=O) groups is 2. The lowest BCUT2D eigenvalue weighted by atomic mass is 10.1. The van der Waals surface area contributed by atoms with E-state index in [2.05, 4.69) is 26.6 Å². The molecule has 0 saturated carbocycles. The van der Waals surface area contributed by atoms with Crippen LogP contribution in [-0.2, 0) is 0 Å². The van der Waals surface area contributed by atoms with Gasteiger partial charge in [-0.3, -0.25) is 9.59 Å². The van der Waals surface area contributed by atoms with Gasteiger partial charge < -0.3 is 20.1 Å². The first kappa shape index (κ1) is 20.9. The van der Waals surface area contributed by atoms with Crippen LogP contribution in [0.15, 0.2) is 52.3 Å². The van der Waals surface area contributed by atoms with E-state index in [1.54, 1.807) is 30.3 Å². The Bertz CT molecular complexity index is 1050. The molecule has 3 rings (SSSR count). The highest BCUT2D eigenvalue weighted by molar-refractivity contribution is 9.10. The van der Waals surface area contributed by atoms with E-state index in [4.69, 9.17) is 9.47 Å². The molecule has 0 bridgehead atoms. The minimum Gasteiger partial charge on any atom is -0.496 e. The summed E-state index contributed by atoms with van der Waals surface area (Å²) < 4.78 is 11.5. The lowest BCUT2D eigenvalue weighted by molar-refractivity contribution is 0.101. The summed E-state index contributed by atoms with van der Waals surface area (Å²) in [4.78, 5) is 25.7. The third kappa shape index (κ3) is 4.78. The van der Waals surface area contributed by atoms with Gasteiger partial charge in [0.05, 0.1) is 30.3 Å². The van der Waals surface area contributed by atoms with Crippen LogP contribution in [0.2, 0.25) is 0 Å². The number of benzene rings is 2. The summed E-state index contributed by atoms with van der Waals surface area (Å²) in [6.45, 7) is 1.87. The summed E-state index contributed by atoms with van der Waals surface area (Å²) in [5.74, 6) is 0.413. The Balaban J connectivity index is 1.82. The SMILES string of the molecule is COc1cc(NC(=O)c2cc(Br)cc(C)c2OC)ccc1NC(=O)c1cccs1. The van der Waals surface area contributed by atoms with E-state index in [1.165, 1.54) is 25.6 Å². The summed E-state index contributed by atoms with van der Waals surface area (Å²) in [5.41, 5.74) is 2.30. The monoisotopic (exact) mass is 474 g/mol. The van der Waals surface area contributed by atoms with Gasteiger partial charge >= 0.3 is 0 Å². The van der Waals surface area contributed by atoms with Gasteiger partial charge in [0.25, 0.3) is 11.8 Å². The van der Waals surface area contributed by atoms with Gasteiger partial charge in [-0.15, -0.1) is 11.3 Å². The van der Waals surface area contributed by atoms with E-state index in [-0.39, 0.29) is 11.8 Å². The molecule has 0 spiro atoms. The summed E-state index contributed by atoms with van der Waals surface area (Å²) in [6, 6.07) is 12.2. The maximum atomic E-state index is 12.8. The number of thiophene rings is 1. The van der Waals surface area contributed by atoms with Crippen LogP contribution in [-0.4, -0.2) is 26.0 Å². The van der Waals surface area contributed by atoms with Crippen molar-refractivity contribution in [1.82, 2.24) is 0 Å². The third-order valence-corrected chi connectivity index (χ3v) is 5.47. The van der Waals surface area contributed by atoms with E-state index < -0.39 is 0 Å². The second kappa shape index (κ2) is 9.11. The maximum absolute atomic E-state index is 12.8. The third-order valence-electron chi connectivity index (χ3n) is 4.14. The molecule has 0 atom stereocenters. The van der Waals surface area contributed by atoms with Crippen LogP contribution < -0.4 is 20.1 Å².